The molecule has 1 saturated carbocycles. The molecule has 0 amide bonds. The smallest absolute Gasteiger partial charge is 0.322 e. The average molecular weight is 213 g/mol. The first-order valence-corrected chi connectivity index (χ1v) is 6.04. The standard InChI is InChI=1S/C12H23NO2/c1-4-13(10(2)12(14)15-3)11-8-6-5-7-9-11/h10-11H,4-9H2,1-3H3. The topological polar surface area (TPSA) is 29.5 Å². The molecule has 1 fully saturated rings. The minimum Gasteiger partial charge on any atom is -0.468 e. The lowest BCUT2D eigenvalue weighted by Gasteiger charge is -2.36. The number of hydrogen-bond donors (Lipinski definition) is 0. The monoisotopic (exact) mass is 213 g/mol. The van der Waals surface area contributed by atoms with Crippen LogP contribution >= 0.6 is 0 Å². The summed E-state index contributed by atoms with van der Waals surface area (Å²) in [6, 6.07) is 0.487. The molecule has 0 radical (unpaired) electrons. The van der Waals surface area contributed by atoms with Gasteiger partial charge in [0.15, 0.2) is 0 Å². The third kappa shape index (κ3) is 3.20. The van der Waals surface area contributed by atoms with Gasteiger partial charge in [-0.05, 0) is 26.3 Å². The Balaban J connectivity index is 2.56. The second kappa shape index (κ2) is 6.11. The molecule has 1 aliphatic carbocycles. The first-order valence-electron chi connectivity index (χ1n) is 6.04. The van der Waals surface area contributed by atoms with Crippen LogP contribution in [0, 0.1) is 0 Å². The number of methoxy groups -OCH3 is 1. The largest absolute Gasteiger partial charge is 0.468 e. The summed E-state index contributed by atoms with van der Waals surface area (Å²) < 4.78 is 4.81. The van der Waals surface area contributed by atoms with E-state index in [9.17, 15) is 4.79 Å². The number of hydrogen-bond acceptors (Lipinski definition) is 3. The molecule has 0 aliphatic heterocycles. The lowest BCUT2D eigenvalue weighted by Crippen LogP contribution is -2.46. The summed E-state index contributed by atoms with van der Waals surface area (Å²) in [7, 11) is 1.47. The Morgan fingerprint density at radius 2 is 2.00 bits per heavy atom. The van der Waals surface area contributed by atoms with Crippen LogP contribution in [0.2, 0.25) is 0 Å². The number of esters is 1. The predicted molar refractivity (Wildman–Crippen MR) is 60.7 cm³/mol. The number of carbonyl (C=O) groups excluding carboxylic acids is 1. The quantitative estimate of drug-likeness (QED) is 0.670. The van der Waals surface area contributed by atoms with Crippen molar-refractivity contribution in [3.63, 3.8) is 0 Å². The van der Waals surface area contributed by atoms with Crippen molar-refractivity contribution in [1.82, 2.24) is 4.90 Å². The van der Waals surface area contributed by atoms with Crippen LogP contribution in [-0.2, 0) is 9.53 Å². The zero-order valence-corrected chi connectivity index (χ0v) is 10.2. The summed E-state index contributed by atoms with van der Waals surface area (Å²) in [6.45, 7) is 5.00. The zero-order valence-electron chi connectivity index (χ0n) is 10.2. The molecule has 15 heavy (non-hydrogen) atoms. The molecule has 0 spiro atoms. The molecule has 3 heteroatoms. The number of likely N-dealkylation sites (N-methyl/N-ethyl adjacent to an activating group) is 1. The lowest BCUT2D eigenvalue weighted by atomic mass is 9.93. The van der Waals surface area contributed by atoms with Gasteiger partial charge in [-0.3, -0.25) is 9.69 Å². The second-order valence-electron chi connectivity index (χ2n) is 4.32. The van der Waals surface area contributed by atoms with Gasteiger partial charge in [0.2, 0.25) is 0 Å². The number of ether oxygens (including phenoxy) is 1. The second-order valence-corrected chi connectivity index (χ2v) is 4.32. The Kier molecular flexibility index (Phi) is 5.09. The van der Waals surface area contributed by atoms with Crippen molar-refractivity contribution < 1.29 is 9.53 Å². The molecule has 3 nitrogen and oxygen atoms in total. The van der Waals surface area contributed by atoms with Gasteiger partial charge in [0, 0.05) is 6.04 Å². The lowest BCUT2D eigenvalue weighted by molar-refractivity contribution is -0.147. The molecule has 1 unspecified atom stereocenters. The summed E-state index contributed by atoms with van der Waals surface area (Å²) in [5, 5.41) is 0. The maximum absolute atomic E-state index is 11.5. The Bertz CT molecular complexity index is 200. The molecular weight excluding hydrogens is 190 g/mol. The third-order valence-corrected chi connectivity index (χ3v) is 3.45. The fourth-order valence-corrected chi connectivity index (χ4v) is 2.57. The summed E-state index contributed by atoms with van der Waals surface area (Å²) >= 11 is 0. The highest BCUT2D eigenvalue weighted by Gasteiger charge is 2.28. The van der Waals surface area contributed by atoms with E-state index in [0.717, 1.165) is 6.54 Å². The SMILES string of the molecule is CCN(C1CCCCC1)C(C)C(=O)OC. The van der Waals surface area contributed by atoms with E-state index in [-0.39, 0.29) is 12.0 Å². The van der Waals surface area contributed by atoms with Crippen LogP contribution in [0.15, 0.2) is 0 Å². The molecule has 0 heterocycles. The molecule has 0 aromatic rings. The highest BCUT2D eigenvalue weighted by molar-refractivity contribution is 5.75. The fourth-order valence-electron chi connectivity index (χ4n) is 2.57. The van der Waals surface area contributed by atoms with E-state index in [1.807, 2.05) is 6.92 Å². The molecule has 88 valence electrons. The van der Waals surface area contributed by atoms with E-state index >= 15 is 0 Å². The number of nitrogens with zero attached hydrogens (tertiary/aromatic N) is 1. The first kappa shape index (κ1) is 12.5. The van der Waals surface area contributed by atoms with Gasteiger partial charge in [0.25, 0.3) is 0 Å². The normalized spacial score (nSPS) is 20.3. The molecule has 0 aromatic carbocycles. The van der Waals surface area contributed by atoms with Gasteiger partial charge in [-0.1, -0.05) is 26.2 Å². The fraction of sp³-hybridized carbons (Fsp3) is 0.917. The summed E-state index contributed by atoms with van der Waals surface area (Å²) in [6.07, 6.45) is 6.41. The van der Waals surface area contributed by atoms with Crippen molar-refractivity contribution in [1.29, 1.82) is 0 Å². The minimum absolute atomic E-state index is 0.0944. The molecule has 1 aliphatic rings. The summed E-state index contributed by atoms with van der Waals surface area (Å²) in [5.41, 5.74) is 0. The number of rotatable bonds is 4. The summed E-state index contributed by atoms with van der Waals surface area (Å²) in [5.74, 6) is -0.109. The first-order chi connectivity index (χ1) is 7.20. The van der Waals surface area contributed by atoms with E-state index in [4.69, 9.17) is 4.74 Å². The van der Waals surface area contributed by atoms with Crippen molar-refractivity contribution in [3.05, 3.63) is 0 Å². The van der Waals surface area contributed by atoms with Gasteiger partial charge in [0.05, 0.1) is 7.11 Å². The van der Waals surface area contributed by atoms with Gasteiger partial charge in [-0.15, -0.1) is 0 Å². The number of carbonyl (C=O) groups is 1. The van der Waals surface area contributed by atoms with Gasteiger partial charge in [-0.25, -0.2) is 0 Å². The summed E-state index contributed by atoms with van der Waals surface area (Å²) in [4.78, 5) is 13.8. The molecule has 0 aromatic heterocycles. The maximum Gasteiger partial charge on any atom is 0.322 e. The van der Waals surface area contributed by atoms with E-state index in [1.165, 1.54) is 39.2 Å². The Labute approximate surface area is 92.8 Å². The molecule has 0 N–H and O–H groups in total. The van der Waals surface area contributed by atoms with Gasteiger partial charge >= 0.3 is 5.97 Å². The molecule has 0 saturated heterocycles. The van der Waals surface area contributed by atoms with Gasteiger partial charge in [0.1, 0.15) is 6.04 Å². The molecule has 1 rings (SSSR count). The Hall–Kier alpha value is -0.570. The van der Waals surface area contributed by atoms with Gasteiger partial charge < -0.3 is 4.74 Å². The Morgan fingerprint density at radius 1 is 1.40 bits per heavy atom. The van der Waals surface area contributed by atoms with E-state index in [0.29, 0.717) is 6.04 Å². The van der Waals surface area contributed by atoms with Crippen LogP contribution in [0.4, 0.5) is 0 Å². The van der Waals surface area contributed by atoms with E-state index in [1.54, 1.807) is 0 Å². The van der Waals surface area contributed by atoms with Crippen molar-refractivity contribution in [2.24, 2.45) is 0 Å². The molecule has 1 atom stereocenters. The molecular formula is C12H23NO2. The Morgan fingerprint density at radius 3 is 2.47 bits per heavy atom. The van der Waals surface area contributed by atoms with Crippen LogP contribution in [0.1, 0.15) is 46.0 Å². The van der Waals surface area contributed by atoms with Crippen molar-refractivity contribution >= 4 is 5.97 Å². The maximum atomic E-state index is 11.5. The van der Waals surface area contributed by atoms with Crippen molar-refractivity contribution in [2.75, 3.05) is 13.7 Å². The van der Waals surface area contributed by atoms with Crippen LogP contribution in [0.25, 0.3) is 0 Å². The van der Waals surface area contributed by atoms with Crippen LogP contribution in [0.5, 0.6) is 0 Å². The van der Waals surface area contributed by atoms with Crippen LogP contribution in [0.3, 0.4) is 0 Å². The highest BCUT2D eigenvalue weighted by atomic mass is 16.5. The van der Waals surface area contributed by atoms with Crippen molar-refractivity contribution in [2.45, 2.75) is 58.0 Å². The average Bonchev–Trinajstić information content (AvgIpc) is 2.30. The highest BCUT2D eigenvalue weighted by Crippen LogP contribution is 2.24. The minimum atomic E-state index is -0.109. The molecule has 0 bridgehead atoms. The predicted octanol–water partition coefficient (Wildman–Crippen LogP) is 2.20. The van der Waals surface area contributed by atoms with Crippen LogP contribution in [-0.4, -0.2) is 36.6 Å². The van der Waals surface area contributed by atoms with Crippen LogP contribution < -0.4 is 0 Å². The van der Waals surface area contributed by atoms with E-state index in [2.05, 4.69) is 11.8 Å². The third-order valence-electron chi connectivity index (χ3n) is 3.45. The van der Waals surface area contributed by atoms with E-state index < -0.39 is 0 Å². The van der Waals surface area contributed by atoms with Gasteiger partial charge in [-0.2, -0.15) is 0 Å². The zero-order chi connectivity index (χ0) is 11.3. The van der Waals surface area contributed by atoms with Crippen molar-refractivity contribution in [3.8, 4) is 0 Å².